The summed E-state index contributed by atoms with van der Waals surface area (Å²) in [5.74, 6) is 0.273. The topological polar surface area (TPSA) is 61.4 Å². The second-order valence-corrected chi connectivity index (χ2v) is 5.75. The number of hydrogen-bond donors (Lipinski definition) is 2. The lowest BCUT2D eigenvalue weighted by atomic mass is 10.1. The zero-order valence-electron chi connectivity index (χ0n) is 12.5. The van der Waals surface area contributed by atoms with Crippen molar-refractivity contribution in [2.45, 2.75) is 38.3 Å². The average Bonchev–Trinajstić information content (AvgIpc) is 3.14. The molecular formula is C16H22ClN3O2. The van der Waals surface area contributed by atoms with Crippen LogP contribution in [0.5, 0.6) is 0 Å². The smallest absolute Gasteiger partial charge is 0.241 e. The third-order valence-corrected chi connectivity index (χ3v) is 4.14. The van der Waals surface area contributed by atoms with Gasteiger partial charge in [-0.2, -0.15) is 0 Å². The predicted molar refractivity (Wildman–Crippen MR) is 88.0 cm³/mol. The van der Waals surface area contributed by atoms with E-state index in [1.807, 2.05) is 29.2 Å². The Bertz CT molecular complexity index is 527. The Kier molecular flexibility index (Phi) is 5.80. The van der Waals surface area contributed by atoms with Gasteiger partial charge in [-0.3, -0.25) is 9.59 Å². The van der Waals surface area contributed by atoms with E-state index in [-0.39, 0.29) is 30.3 Å². The van der Waals surface area contributed by atoms with Gasteiger partial charge in [0.1, 0.15) is 0 Å². The molecule has 2 N–H and O–H groups in total. The number of nitrogens with one attached hydrogen (secondary N) is 2. The molecule has 2 amide bonds. The molecule has 22 heavy (non-hydrogen) atoms. The van der Waals surface area contributed by atoms with Crippen molar-refractivity contribution < 1.29 is 9.59 Å². The van der Waals surface area contributed by atoms with Crippen LogP contribution in [0.1, 0.15) is 31.2 Å². The summed E-state index contributed by atoms with van der Waals surface area (Å²) in [7, 11) is 0. The fraction of sp³-hybridized carbons (Fsp3) is 0.500. The van der Waals surface area contributed by atoms with Gasteiger partial charge in [-0.1, -0.05) is 12.1 Å². The van der Waals surface area contributed by atoms with E-state index in [0.29, 0.717) is 13.0 Å². The molecular weight excluding hydrogens is 302 g/mol. The zero-order valence-corrected chi connectivity index (χ0v) is 13.3. The summed E-state index contributed by atoms with van der Waals surface area (Å²) in [5, 5.41) is 6.12. The summed E-state index contributed by atoms with van der Waals surface area (Å²) < 4.78 is 0. The SMILES string of the molecule is Cl.O=C(Nc1ccc(CN2CCCC2=O)cc1)C1CCCN1. The molecule has 120 valence electrons. The largest absolute Gasteiger partial charge is 0.338 e. The van der Waals surface area contributed by atoms with Crippen LogP contribution in [-0.2, 0) is 16.1 Å². The summed E-state index contributed by atoms with van der Waals surface area (Å²) >= 11 is 0. The van der Waals surface area contributed by atoms with Crippen LogP contribution in [0.2, 0.25) is 0 Å². The molecule has 2 heterocycles. The maximum atomic E-state index is 12.0. The molecule has 1 atom stereocenters. The highest BCUT2D eigenvalue weighted by atomic mass is 35.5. The molecule has 0 saturated carbocycles. The van der Waals surface area contributed by atoms with Crippen LogP contribution in [0, 0.1) is 0 Å². The number of carbonyl (C=O) groups excluding carboxylic acids is 2. The van der Waals surface area contributed by atoms with E-state index in [1.165, 1.54) is 0 Å². The first-order valence-electron chi connectivity index (χ1n) is 7.63. The second kappa shape index (κ2) is 7.61. The van der Waals surface area contributed by atoms with Crippen LogP contribution >= 0.6 is 12.4 Å². The minimum absolute atomic E-state index is 0. The lowest BCUT2D eigenvalue weighted by Crippen LogP contribution is -2.35. The number of nitrogens with zero attached hydrogens (tertiary/aromatic N) is 1. The van der Waals surface area contributed by atoms with Crippen molar-refractivity contribution in [1.82, 2.24) is 10.2 Å². The lowest BCUT2D eigenvalue weighted by Gasteiger charge is -2.16. The molecule has 5 nitrogen and oxygen atoms in total. The highest BCUT2D eigenvalue weighted by molar-refractivity contribution is 5.95. The van der Waals surface area contributed by atoms with Gasteiger partial charge in [0, 0.05) is 25.2 Å². The van der Waals surface area contributed by atoms with Crippen molar-refractivity contribution in [1.29, 1.82) is 0 Å². The van der Waals surface area contributed by atoms with Crippen LogP contribution in [-0.4, -0.2) is 35.8 Å². The monoisotopic (exact) mass is 323 g/mol. The average molecular weight is 324 g/mol. The van der Waals surface area contributed by atoms with E-state index in [4.69, 9.17) is 0 Å². The first kappa shape index (κ1) is 16.8. The van der Waals surface area contributed by atoms with Gasteiger partial charge in [0.2, 0.25) is 11.8 Å². The van der Waals surface area contributed by atoms with Crippen LogP contribution in [0.4, 0.5) is 5.69 Å². The number of halogens is 1. The summed E-state index contributed by atoms with van der Waals surface area (Å²) in [5.41, 5.74) is 1.91. The van der Waals surface area contributed by atoms with Crippen LogP contribution in [0.15, 0.2) is 24.3 Å². The molecule has 0 bridgehead atoms. The molecule has 0 spiro atoms. The van der Waals surface area contributed by atoms with Gasteiger partial charge in [-0.25, -0.2) is 0 Å². The highest BCUT2D eigenvalue weighted by Crippen LogP contribution is 2.17. The molecule has 2 saturated heterocycles. The quantitative estimate of drug-likeness (QED) is 0.890. The van der Waals surface area contributed by atoms with Gasteiger partial charge in [0.15, 0.2) is 0 Å². The number of rotatable bonds is 4. The minimum atomic E-state index is -0.0631. The Labute approximate surface area is 136 Å². The lowest BCUT2D eigenvalue weighted by molar-refractivity contribution is -0.128. The molecule has 2 fully saturated rings. The maximum absolute atomic E-state index is 12.0. The van der Waals surface area contributed by atoms with E-state index in [2.05, 4.69) is 10.6 Å². The van der Waals surface area contributed by atoms with E-state index >= 15 is 0 Å². The van der Waals surface area contributed by atoms with Gasteiger partial charge < -0.3 is 15.5 Å². The van der Waals surface area contributed by atoms with E-state index in [1.54, 1.807) is 0 Å². The molecule has 0 aromatic heterocycles. The van der Waals surface area contributed by atoms with Crippen molar-refractivity contribution in [2.75, 3.05) is 18.4 Å². The van der Waals surface area contributed by atoms with Gasteiger partial charge in [-0.05, 0) is 43.5 Å². The summed E-state index contributed by atoms with van der Waals surface area (Å²) in [6, 6.07) is 7.70. The number of carbonyl (C=O) groups is 2. The summed E-state index contributed by atoms with van der Waals surface area (Å²) in [4.78, 5) is 25.5. The third kappa shape index (κ3) is 3.99. The second-order valence-electron chi connectivity index (χ2n) is 5.75. The van der Waals surface area contributed by atoms with Crippen LogP contribution in [0.25, 0.3) is 0 Å². The van der Waals surface area contributed by atoms with E-state index < -0.39 is 0 Å². The number of amides is 2. The Morgan fingerprint density at radius 1 is 1.27 bits per heavy atom. The third-order valence-electron chi connectivity index (χ3n) is 4.14. The van der Waals surface area contributed by atoms with E-state index in [9.17, 15) is 9.59 Å². The first-order valence-corrected chi connectivity index (χ1v) is 7.63. The van der Waals surface area contributed by atoms with Gasteiger partial charge >= 0.3 is 0 Å². The van der Waals surface area contributed by atoms with Crippen molar-refractivity contribution in [3.05, 3.63) is 29.8 Å². The fourth-order valence-corrected chi connectivity index (χ4v) is 2.92. The van der Waals surface area contributed by atoms with Crippen molar-refractivity contribution in [3.63, 3.8) is 0 Å². The standard InChI is InChI=1S/C16H21N3O2.ClH/c20-15-4-2-10-19(15)11-12-5-7-13(8-6-12)18-16(21)14-3-1-9-17-14;/h5-8,14,17H,1-4,9-11H2,(H,18,21);1H. The molecule has 0 radical (unpaired) electrons. The normalized spacial score (nSPS) is 20.8. The van der Waals surface area contributed by atoms with Crippen molar-refractivity contribution >= 4 is 29.9 Å². The highest BCUT2D eigenvalue weighted by Gasteiger charge is 2.22. The summed E-state index contributed by atoms with van der Waals surface area (Å²) in [6.07, 6.45) is 3.59. The van der Waals surface area contributed by atoms with Crippen molar-refractivity contribution in [3.8, 4) is 0 Å². The first-order chi connectivity index (χ1) is 10.2. The molecule has 0 aliphatic carbocycles. The molecule has 2 aliphatic heterocycles. The molecule has 2 aliphatic rings. The Hall–Kier alpha value is -1.59. The minimum Gasteiger partial charge on any atom is -0.338 e. The maximum Gasteiger partial charge on any atom is 0.241 e. The number of benzene rings is 1. The van der Waals surface area contributed by atoms with Crippen LogP contribution in [0.3, 0.4) is 0 Å². The van der Waals surface area contributed by atoms with Crippen molar-refractivity contribution in [2.24, 2.45) is 0 Å². The summed E-state index contributed by atoms with van der Waals surface area (Å²) in [6.45, 7) is 2.43. The molecule has 1 unspecified atom stereocenters. The van der Waals surface area contributed by atoms with Gasteiger partial charge in [0.05, 0.1) is 6.04 Å². The molecule has 1 aromatic carbocycles. The molecule has 6 heteroatoms. The van der Waals surface area contributed by atoms with Gasteiger partial charge in [-0.15, -0.1) is 12.4 Å². The van der Waals surface area contributed by atoms with Gasteiger partial charge in [0.25, 0.3) is 0 Å². The number of hydrogen-bond acceptors (Lipinski definition) is 3. The predicted octanol–water partition coefficient (Wildman–Crippen LogP) is 1.92. The number of likely N-dealkylation sites (tertiary alicyclic amines) is 1. The van der Waals surface area contributed by atoms with Crippen LogP contribution < -0.4 is 10.6 Å². The Morgan fingerprint density at radius 2 is 2.05 bits per heavy atom. The Morgan fingerprint density at radius 3 is 2.64 bits per heavy atom. The Balaban J connectivity index is 0.00000176. The molecule has 3 rings (SSSR count). The zero-order chi connectivity index (χ0) is 14.7. The molecule has 1 aromatic rings. The fourth-order valence-electron chi connectivity index (χ4n) is 2.92. The van der Waals surface area contributed by atoms with E-state index in [0.717, 1.165) is 43.6 Å². The number of anilines is 1.